The lowest BCUT2D eigenvalue weighted by Gasteiger charge is -2.09. The molecular weight excluding hydrogens is 166 g/mol. The van der Waals surface area contributed by atoms with E-state index in [0.29, 0.717) is 11.4 Å². The van der Waals surface area contributed by atoms with Crippen molar-refractivity contribution >= 4 is 11.6 Å². The predicted octanol–water partition coefficient (Wildman–Crippen LogP) is 0.181. The maximum absolute atomic E-state index is 11.1. The highest BCUT2D eigenvalue weighted by molar-refractivity contribution is 5.89. The number of primary amides is 1. The molecule has 1 aromatic rings. The van der Waals surface area contributed by atoms with Gasteiger partial charge in [0.05, 0.1) is 11.1 Å². The van der Waals surface area contributed by atoms with Crippen molar-refractivity contribution in [2.45, 2.75) is 18.3 Å². The van der Waals surface area contributed by atoms with Gasteiger partial charge in [0.2, 0.25) is 5.91 Å². The van der Waals surface area contributed by atoms with Crippen LogP contribution in [0.3, 0.4) is 0 Å². The van der Waals surface area contributed by atoms with Crippen molar-refractivity contribution in [2.24, 2.45) is 5.73 Å². The Morgan fingerprint density at radius 3 is 2.69 bits per heavy atom. The summed E-state index contributed by atoms with van der Waals surface area (Å²) in [6, 6.07) is 3.42. The molecule has 1 fully saturated rings. The van der Waals surface area contributed by atoms with Gasteiger partial charge in [-0.3, -0.25) is 9.78 Å². The van der Waals surface area contributed by atoms with E-state index in [2.05, 4.69) is 4.98 Å². The van der Waals surface area contributed by atoms with Crippen molar-refractivity contribution in [3.63, 3.8) is 0 Å². The lowest BCUT2D eigenvalue weighted by atomic mass is 10.0. The van der Waals surface area contributed by atoms with Crippen molar-refractivity contribution in [3.8, 4) is 0 Å². The quantitative estimate of drug-likeness (QED) is 0.676. The SMILES string of the molecule is NC(=O)C1(c2cc(N)ccn2)CC1. The average molecular weight is 177 g/mol. The number of nitrogens with two attached hydrogens (primary N) is 2. The first-order valence-corrected chi connectivity index (χ1v) is 4.17. The molecule has 0 saturated heterocycles. The van der Waals surface area contributed by atoms with E-state index in [-0.39, 0.29) is 5.91 Å². The second-order valence-corrected chi connectivity index (χ2v) is 3.42. The van der Waals surface area contributed by atoms with Crippen LogP contribution >= 0.6 is 0 Å². The Morgan fingerprint density at radius 1 is 1.54 bits per heavy atom. The molecule has 1 amide bonds. The molecule has 0 aliphatic heterocycles. The number of hydrogen-bond donors (Lipinski definition) is 2. The second kappa shape index (κ2) is 2.45. The minimum absolute atomic E-state index is 0.300. The lowest BCUT2D eigenvalue weighted by Crippen LogP contribution is -2.29. The summed E-state index contributed by atoms with van der Waals surface area (Å²) in [6.07, 6.45) is 3.19. The molecule has 0 atom stereocenters. The molecule has 13 heavy (non-hydrogen) atoms. The van der Waals surface area contributed by atoms with E-state index in [1.807, 2.05) is 0 Å². The molecule has 0 spiro atoms. The van der Waals surface area contributed by atoms with Gasteiger partial charge in [0, 0.05) is 11.9 Å². The summed E-state index contributed by atoms with van der Waals surface area (Å²) >= 11 is 0. The maximum Gasteiger partial charge on any atom is 0.229 e. The van der Waals surface area contributed by atoms with Gasteiger partial charge in [0.25, 0.3) is 0 Å². The van der Waals surface area contributed by atoms with E-state index < -0.39 is 5.41 Å². The van der Waals surface area contributed by atoms with Crippen molar-refractivity contribution < 1.29 is 4.79 Å². The Balaban J connectivity index is 2.41. The van der Waals surface area contributed by atoms with Crippen LogP contribution in [0, 0.1) is 0 Å². The molecule has 1 saturated carbocycles. The van der Waals surface area contributed by atoms with Crippen LogP contribution in [0.4, 0.5) is 5.69 Å². The Kier molecular flexibility index (Phi) is 1.52. The molecule has 4 nitrogen and oxygen atoms in total. The molecule has 1 heterocycles. The summed E-state index contributed by atoms with van der Waals surface area (Å²) in [6.45, 7) is 0. The second-order valence-electron chi connectivity index (χ2n) is 3.42. The standard InChI is InChI=1S/C9H11N3O/c10-6-1-4-12-7(5-6)9(2-3-9)8(11)13/h1,4-5H,2-3H2,(H2,10,12)(H2,11,13). The van der Waals surface area contributed by atoms with Gasteiger partial charge >= 0.3 is 0 Å². The van der Waals surface area contributed by atoms with E-state index in [1.54, 1.807) is 18.3 Å². The molecule has 4 N–H and O–H groups in total. The molecule has 1 aromatic heterocycles. The van der Waals surface area contributed by atoms with Gasteiger partial charge in [0.15, 0.2) is 0 Å². The molecule has 4 heteroatoms. The number of nitrogens with zero attached hydrogens (tertiary/aromatic N) is 1. The number of pyridine rings is 1. The smallest absolute Gasteiger partial charge is 0.229 e. The zero-order valence-electron chi connectivity index (χ0n) is 7.16. The average Bonchev–Trinajstić information content (AvgIpc) is 2.83. The van der Waals surface area contributed by atoms with Crippen LogP contribution in [0.25, 0.3) is 0 Å². The molecule has 68 valence electrons. The van der Waals surface area contributed by atoms with Crippen molar-refractivity contribution in [1.29, 1.82) is 0 Å². The number of carbonyl (C=O) groups is 1. The first kappa shape index (κ1) is 8.04. The lowest BCUT2D eigenvalue weighted by molar-refractivity contribution is -0.120. The van der Waals surface area contributed by atoms with Gasteiger partial charge in [-0.1, -0.05) is 0 Å². The fourth-order valence-corrected chi connectivity index (χ4v) is 1.46. The third kappa shape index (κ3) is 1.14. The van der Waals surface area contributed by atoms with Crippen LogP contribution in [0.15, 0.2) is 18.3 Å². The largest absolute Gasteiger partial charge is 0.399 e. The summed E-state index contributed by atoms with van der Waals surface area (Å²) in [5, 5.41) is 0. The van der Waals surface area contributed by atoms with Crippen LogP contribution < -0.4 is 11.5 Å². The van der Waals surface area contributed by atoms with Crippen LogP contribution in [0.1, 0.15) is 18.5 Å². The van der Waals surface area contributed by atoms with Crippen molar-refractivity contribution in [1.82, 2.24) is 4.98 Å². The molecule has 1 aliphatic carbocycles. The van der Waals surface area contributed by atoms with E-state index in [0.717, 1.165) is 12.8 Å². The molecule has 0 bridgehead atoms. The van der Waals surface area contributed by atoms with Crippen LogP contribution in [-0.4, -0.2) is 10.9 Å². The third-order valence-electron chi connectivity index (χ3n) is 2.50. The highest BCUT2D eigenvalue weighted by Crippen LogP contribution is 2.47. The van der Waals surface area contributed by atoms with E-state index in [9.17, 15) is 4.79 Å². The van der Waals surface area contributed by atoms with Crippen molar-refractivity contribution in [2.75, 3.05) is 5.73 Å². The summed E-state index contributed by atoms with van der Waals surface area (Å²) in [5.74, 6) is -0.300. The Morgan fingerprint density at radius 2 is 2.23 bits per heavy atom. The predicted molar refractivity (Wildman–Crippen MR) is 48.8 cm³/mol. The van der Waals surface area contributed by atoms with Gasteiger partial charge in [-0.2, -0.15) is 0 Å². The van der Waals surface area contributed by atoms with Gasteiger partial charge < -0.3 is 11.5 Å². The van der Waals surface area contributed by atoms with Crippen LogP contribution in [0.5, 0.6) is 0 Å². The van der Waals surface area contributed by atoms with E-state index >= 15 is 0 Å². The molecular formula is C9H11N3O. The number of carbonyl (C=O) groups excluding carboxylic acids is 1. The summed E-state index contributed by atoms with van der Waals surface area (Å²) in [7, 11) is 0. The van der Waals surface area contributed by atoms with Gasteiger partial charge in [-0.25, -0.2) is 0 Å². The molecule has 0 unspecified atom stereocenters. The number of amides is 1. The highest BCUT2D eigenvalue weighted by Gasteiger charge is 2.51. The summed E-state index contributed by atoms with van der Waals surface area (Å²) < 4.78 is 0. The first-order chi connectivity index (χ1) is 6.15. The molecule has 2 rings (SSSR count). The Hall–Kier alpha value is -1.58. The van der Waals surface area contributed by atoms with E-state index in [1.165, 1.54) is 0 Å². The number of anilines is 1. The number of rotatable bonds is 2. The zero-order valence-corrected chi connectivity index (χ0v) is 7.16. The zero-order chi connectivity index (χ0) is 9.47. The number of nitrogen functional groups attached to an aromatic ring is 1. The Labute approximate surface area is 75.9 Å². The fourth-order valence-electron chi connectivity index (χ4n) is 1.46. The van der Waals surface area contributed by atoms with Crippen LogP contribution in [-0.2, 0) is 10.2 Å². The molecule has 1 aliphatic rings. The minimum atomic E-state index is -0.518. The minimum Gasteiger partial charge on any atom is -0.399 e. The van der Waals surface area contributed by atoms with Gasteiger partial charge in [0.1, 0.15) is 0 Å². The molecule has 0 aromatic carbocycles. The summed E-state index contributed by atoms with van der Waals surface area (Å²) in [4.78, 5) is 15.3. The van der Waals surface area contributed by atoms with Gasteiger partial charge in [-0.15, -0.1) is 0 Å². The normalized spacial score (nSPS) is 18.2. The highest BCUT2D eigenvalue weighted by atomic mass is 16.1. The van der Waals surface area contributed by atoms with Crippen molar-refractivity contribution in [3.05, 3.63) is 24.0 Å². The summed E-state index contributed by atoms with van der Waals surface area (Å²) in [5.41, 5.74) is 11.7. The van der Waals surface area contributed by atoms with Gasteiger partial charge in [-0.05, 0) is 25.0 Å². The monoisotopic (exact) mass is 177 g/mol. The maximum atomic E-state index is 11.1. The number of aromatic nitrogens is 1. The fraction of sp³-hybridized carbons (Fsp3) is 0.333. The first-order valence-electron chi connectivity index (χ1n) is 4.17. The van der Waals surface area contributed by atoms with Crippen LogP contribution in [0.2, 0.25) is 0 Å². The number of hydrogen-bond acceptors (Lipinski definition) is 3. The Bertz CT molecular complexity index is 358. The third-order valence-corrected chi connectivity index (χ3v) is 2.50. The van der Waals surface area contributed by atoms with E-state index in [4.69, 9.17) is 11.5 Å². The topological polar surface area (TPSA) is 82.0 Å². The molecule has 0 radical (unpaired) electrons.